The fraction of sp³-hybridized carbons (Fsp3) is 0.538. The summed E-state index contributed by atoms with van der Waals surface area (Å²) in [5.74, 6) is 0.954. The lowest BCUT2D eigenvalue weighted by atomic mass is 10.1. The average molecular weight is 364 g/mol. The van der Waals surface area contributed by atoms with Gasteiger partial charge in [-0.1, -0.05) is 0 Å². The Balaban J connectivity index is 3.21. The third-order valence-corrected chi connectivity index (χ3v) is 4.31. The van der Waals surface area contributed by atoms with Crippen molar-refractivity contribution in [2.45, 2.75) is 18.4 Å². The zero-order chi connectivity index (χ0) is 18.3. The number of ether oxygens (including phenoxy) is 3. The maximum atomic E-state index is 11.9. The van der Waals surface area contributed by atoms with E-state index in [4.69, 9.17) is 14.2 Å². The highest BCUT2D eigenvalue weighted by Crippen LogP contribution is 2.42. The topological polar surface area (TPSA) is 129 Å². The normalized spacial score (nSPS) is 18.2. The number of hydrogen-bond acceptors (Lipinski definition) is 7. The molecule has 136 valence electrons. The van der Waals surface area contributed by atoms with Crippen molar-refractivity contribution in [1.29, 1.82) is 0 Å². The van der Waals surface area contributed by atoms with Gasteiger partial charge in [0.15, 0.2) is 6.23 Å². The molecule has 24 heavy (non-hydrogen) atoms. The Hall–Kier alpha value is -1.55. The first-order valence-corrected chi connectivity index (χ1v) is 8.41. The van der Waals surface area contributed by atoms with Gasteiger partial charge in [-0.15, -0.1) is 0 Å². The van der Waals surface area contributed by atoms with Crippen LogP contribution in [0.4, 0.5) is 0 Å². The van der Waals surface area contributed by atoms with E-state index in [-0.39, 0.29) is 0 Å². The predicted octanol–water partition coefficient (Wildman–Crippen LogP) is 0.0571. The molecule has 1 unspecified atom stereocenters. The molecule has 11 heteroatoms. The summed E-state index contributed by atoms with van der Waals surface area (Å²) in [4.78, 5) is 34.7. The van der Waals surface area contributed by atoms with Gasteiger partial charge in [-0.05, 0) is 6.08 Å². The standard InChI is InChI=1S/C13H21N2O8P/c1-20-9(6-8-24(18,19)23-4)11(21-2)12(22-3)15-7-5-10(16)14-13(15)17/h5-9,11-12H,1-4H3,(H,18,19)(H,14,16,17)/b8-6+/t9-,11-,12-/m1/s1. The maximum absolute atomic E-state index is 11.9. The van der Waals surface area contributed by atoms with E-state index in [1.165, 1.54) is 33.6 Å². The second kappa shape index (κ2) is 9.07. The summed E-state index contributed by atoms with van der Waals surface area (Å²) in [6.07, 6.45) is -0.133. The lowest BCUT2D eigenvalue weighted by molar-refractivity contribution is -0.123. The van der Waals surface area contributed by atoms with Gasteiger partial charge in [0.2, 0.25) is 0 Å². The quantitative estimate of drug-likeness (QED) is 0.589. The lowest BCUT2D eigenvalue weighted by Gasteiger charge is -2.30. The molecule has 0 aromatic carbocycles. The summed E-state index contributed by atoms with van der Waals surface area (Å²) < 4.78 is 33.0. The first kappa shape index (κ1) is 20.5. The Labute approximate surface area is 138 Å². The van der Waals surface area contributed by atoms with Crippen molar-refractivity contribution in [2.75, 3.05) is 28.4 Å². The van der Waals surface area contributed by atoms with E-state index < -0.39 is 37.3 Å². The van der Waals surface area contributed by atoms with E-state index in [0.29, 0.717) is 0 Å². The molecule has 10 nitrogen and oxygen atoms in total. The number of aromatic nitrogens is 2. The van der Waals surface area contributed by atoms with Crippen LogP contribution in [0, 0.1) is 0 Å². The summed E-state index contributed by atoms with van der Waals surface area (Å²) in [5.41, 5.74) is -1.25. The highest BCUT2D eigenvalue weighted by Gasteiger charge is 2.31. The zero-order valence-electron chi connectivity index (χ0n) is 13.7. The number of nitrogens with one attached hydrogen (secondary N) is 1. The molecule has 0 aliphatic rings. The Morgan fingerprint density at radius 1 is 1.21 bits per heavy atom. The fourth-order valence-corrected chi connectivity index (χ4v) is 2.53. The van der Waals surface area contributed by atoms with Crippen LogP contribution < -0.4 is 11.2 Å². The third-order valence-electron chi connectivity index (χ3n) is 3.24. The van der Waals surface area contributed by atoms with Gasteiger partial charge >= 0.3 is 13.3 Å². The van der Waals surface area contributed by atoms with Gasteiger partial charge in [0.05, 0.1) is 0 Å². The molecule has 0 bridgehead atoms. The van der Waals surface area contributed by atoms with Crippen molar-refractivity contribution < 1.29 is 28.2 Å². The van der Waals surface area contributed by atoms with E-state index in [2.05, 4.69) is 9.51 Å². The molecule has 2 N–H and O–H groups in total. The van der Waals surface area contributed by atoms with E-state index in [9.17, 15) is 19.0 Å². The smallest absolute Gasteiger partial charge is 0.351 e. The van der Waals surface area contributed by atoms with Crippen molar-refractivity contribution in [3.63, 3.8) is 0 Å². The maximum Gasteiger partial charge on any atom is 0.351 e. The first-order chi connectivity index (χ1) is 11.3. The van der Waals surface area contributed by atoms with Gasteiger partial charge in [-0.25, -0.2) is 4.79 Å². The molecule has 0 saturated heterocycles. The van der Waals surface area contributed by atoms with Gasteiger partial charge < -0.3 is 23.6 Å². The van der Waals surface area contributed by atoms with Crippen molar-refractivity contribution in [3.05, 3.63) is 45.0 Å². The minimum Gasteiger partial charge on any atom is -0.374 e. The van der Waals surface area contributed by atoms with Crippen LogP contribution in [-0.4, -0.2) is 55.1 Å². The SMILES string of the molecule is CO[C@@H]([C@@H](OC)n1ccc(=O)[nH]c1=O)[C@@H](/C=C/P(=O)(O)OC)OC. The van der Waals surface area contributed by atoms with Crippen LogP contribution in [0.2, 0.25) is 0 Å². The molecular formula is C13H21N2O8P. The minimum atomic E-state index is -3.89. The number of methoxy groups -OCH3 is 3. The summed E-state index contributed by atoms with van der Waals surface area (Å²) in [6, 6.07) is 1.16. The molecule has 1 heterocycles. The second-order valence-electron chi connectivity index (χ2n) is 4.63. The highest BCUT2D eigenvalue weighted by molar-refractivity contribution is 7.56. The number of aromatic amines is 1. The third kappa shape index (κ3) is 5.23. The molecule has 0 saturated carbocycles. The Bertz CT molecular complexity index is 712. The van der Waals surface area contributed by atoms with Crippen molar-refractivity contribution in [1.82, 2.24) is 9.55 Å². The van der Waals surface area contributed by atoms with Crippen LogP contribution in [0.15, 0.2) is 33.7 Å². The molecule has 1 rings (SSSR count). The number of nitrogens with zero attached hydrogens (tertiary/aromatic N) is 1. The zero-order valence-corrected chi connectivity index (χ0v) is 14.6. The van der Waals surface area contributed by atoms with Gasteiger partial charge in [0.1, 0.15) is 12.2 Å². The van der Waals surface area contributed by atoms with Crippen molar-refractivity contribution >= 4 is 7.60 Å². The van der Waals surface area contributed by atoms with Crippen LogP contribution in [0.25, 0.3) is 0 Å². The van der Waals surface area contributed by atoms with E-state index in [1.807, 2.05) is 0 Å². The molecular weight excluding hydrogens is 343 g/mol. The first-order valence-electron chi connectivity index (χ1n) is 6.77. The Kier molecular flexibility index (Phi) is 7.74. The van der Waals surface area contributed by atoms with Gasteiger partial charge in [-0.3, -0.25) is 18.9 Å². The van der Waals surface area contributed by atoms with Crippen molar-refractivity contribution in [2.24, 2.45) is 0 Å². The number of H-pyrrole nitrogens is 1. The van der Waals surface area contributed by atoms with E-state index >= 15 is 0 Å². The highest BCUT2D eigenvalue weighted by atomic mass is 31.2. The largest absolute Gasteiger partial charge is 0.374 e. The van der Waals surface area contributed by atoms with Crippen LogP contribution in [-0.2, 0) is 23.3 Å². The molecule has 1 aromatic rings. The molecule has 0 aliphatic heterocycles. The van der Waals surface area contributed by atoms with Crippen LogP contribution in [0.5, 0.6) is 0 Å². The van der Waals surface area contributed by atoms with Crippen molar-refractivity contribution in [3.8, 4) is 0 Å². The van der Waals surface area contributed by atoms with Gasteiger partial charge in [0.25, 0.3) is 5.56 Å². The summed E-state index contributed by atoms with van der Waals surface area (Å²) in [6.45, 7) is 0. The Morgan fingerprint density at radius 2 is 1.88 bits per heavy atom. The summed E-state index contributed by atoms with van der Waals surface area (Å²) in [5, 5.41) is 0. The van der Waals surface area contributed by atoms with Crippen LogP contribution in [0.1, 0.15) is 6.23 Å². The molecule has 4 atom stereocenters. The fourth-order valence-electron chi connectivity index (χ4n) is 2.02. The number of hydrogen-bond donors (Lipinski definition) is 2. The van der Waals surface area contributed by atoms with Gasteiger partial charge in [-0.2, -0.15) is 0 Å². The molecule has 0 aliphatic carbocycles. The number of rotatable bonds is 9. The van der Waals surface area contributed by atoms with Crippen LogP contribution >= 0.6 is 7.60 Å². The minimum absolute atomic E-state index is 0.551. The van der Waals surface area contributed by atoms with Crippen LogP contribution in [0.3, 0.4) is 0 Å². The molecule has 1 aromatic heterocycles. The average Bonchev–Trinajstić information content (AvgIpc) is 2.55. The lowest BCUT2D eigenvalue weighted by Crippen LogP contribution is -2.43. The molecule has 0 fully saturated rings. The monoisotopic (exact) mass is 364 g/mol. The molecule has 0 radical (unpaired) electrons. The van der Waals surface area contributed by atoms with Gasteiger partial charge in [0, 0.05) is 46.5 Å². The van der Waals surface area contributed by atoms with E-state index in [0.717, 1.165) is 23.6 Å². The van der Waals surface area contributed by atoms with E-state index in [1.54, 1.807) is 0 Å². The molecule has 0 spiro atoms. The summed E-state index contributed by atoms with van der Waals surface area (Å²) in [7, 11) is 1.27. The predicted molar refractivity (Wildman–Crippen MR) is 84.9 cm³/mol. The second-order valence-corrected chi connectivity index (χ2v) is 6.42. The molecule has 0 amide bonds. The summed E-state index contributed by atoms with van der Waals surface area (Å²) >= 11 is 0. The Morgan fingerprint density at radius 3 is 2.33 bits per heavy atom.